The van der Waals surface area contributed by atoms with Crippen LogP contribution in [0.3, 0.4) is 0 Å². The van der Waals surface area contributed by atoms with Crippen molar-refractivity contribution in [3.8, 4) is 22.4 Å². The van der Waals surface area contributed by atoms with Crippen molar-refractivity contribution in [2.75, 3.05) is 13.1 Å². The summed E-state index contributed by atoms with van der Waals surface area (Å²) in [5, 5.41) is 10.8. The first-order valence-electron chi connectivity index (χ1n) is 10.3. The van der Waals surface area contributed by atoms with Gasteiger partial charge in [0.2, 0.25) is 5.91 Å². The summed E-state index contributed by atoms with van der Waals surface area (Å²) in [4.78, 5) is 14.3. The van der Waals surface area contributed by atoms with Gasteiger partial charge in [-0.15, -0.1) is 0 Å². The van der Waals surface area contributed by atoms with E-state index in [0.29, 0.717) is 6.42 Å². The molecule has 1 aromatic heterocycles. The average molecular weight is 389 g/mol. The molecule has 0 saturated heterocycles. The molecule has 1 aliphatic heterocycles. The first-order chi connectivity index (χ1) is 14.1. The van der Waals surface area contributed by atoms with Gasteiger partial charge in [-0.2, -0.15) is 5.10 Å². The highest BCUT2D eigenvalue weighted by Crippen LogP contribution is 2.30. The molecule has 0 fully saturated rings. The number of hydrogen-bond donors (Lipinski definition) is 2. The van der Waals surface area contributed by atoms with E-state index in [9.17, 15) is 4.79 Å². The van der Waals surface area contributed by atoms with Crippen molar-refractivity contribution in [1.82, 2.24) is 20.4 Å². The second kappa shape index (κ2) is 8.62. The number of carbonyl (C=O) groups excluding carboxylic acids is 1. The number of aromatic amines is 1. The fourth-order valence-corrected chi connectivity index (χ4v) is 3.89. The number of nitrogens with zero attached hydrogens (tertiary/aromatic N) is 2. The first kappa shape index (κ1) is 19.4. The number of rotatable bonds is 6. The molecule has 5 heteroatoms. The van der Waals surface area contributed by atoms with Crippen molar-refractivity contribution in [3.05, 3.63) is 65.9 Å². The van der Waals surface area contributed by atoms with Crippen LogP contribution < -0.4 is 5.32 Å². The SMILES string of the molecule is CC(C)NC(=O)CCN1CCc2[nH]nc(-c3ccc(-c4ccccc4)cc3)c2C1. The largest absolute Gasteiger partial charge is 0.354 e. The van der Waals surface area contributed by atoms with Crippen molar-refractivity contribution < 1.29 is 4.79 Å². The summed E-state index contributed by atoms with van der Waals surface area (Å²) in [7, 11) is 0. The Kier molecular flexibility index (Phi) is 5.76. The molecule has 0 bridgehead atoms. The Bertz CT molecular complexity index is 960. The van der Waals surface area contributed by atoms with Gasteiger partial charge in [0.15, 0.2) is 0 Å². The summed E-state index contributed by atoms with van der Waals surface area (Å²) < 4.78 is 0. The second-order valence-electron chi connectivity index (χ2n) is 7.97. The lowest BCUT2D eigenvalue weighted by Gasteiger charge is -2.27. The summed E-state index contributed by atoms with van der Waals surface area (Å²) >= 11 is 0. The molecule has 2 aromatic carbocycles. The lowest BCUT2D eigenvalue weighted by Crippen LogP contribution is -2.36. The van der Waals surface area contributed by atoms with Gasteiger partial charge in [-0.3, -0.25) is 14.8 Å². The lowest BCUT2D eigenvalue weighted by molar-refractivity contribution is -0.121. The van der Waals surface area contributed by atoms with Crippen LogP contribution in [0, 0.1) is 0 Å². The molecule has 150 valence electrons. The Morgan fingerprint density at radius 3 is 2.48 bits per heavy atom. The third-order valence-electron chi connectivity index (χ3n) is 5.38. The van der Waals surface area contributed by atoms with Crippen LogP contribution in [0.15, 0.2) is 54.6 Å². The molecule has 5 nitrogen and oxygen atoms in total. The van der Waals surface area contributed by atoms with Crippen LogP contribution in [0.4, 0.5) is 0 Å². The molecule has 29 heavy (non-hydrogen) atoms. The van der Waals surface area contributed by atoms with Gasteiger partial charge in [-0.05, 0) is 25.0 Å². The normalized spacial score (nSPS) is 14.0. The van der Waals surface area contributed by atoms with Crippen LogP contribution in [0.1, 0.15) is 31.5 Å². The van der Waals surface area contributed by atoms with Crippen molar-refractivity contribution in [3.63, 3.8) is 0 Å². The minimum atomic E-state index is 0.120. The zero-order valence-electron chi connectivity index (χ0n) is 17.1. The number of benzene rings is 2. The number of H-pyrrole nitrogens is 1. The second-order valence-corrected chi connectivity index (χ2v) is 7.97. The van der Waals surface area contributed by atoms with E-state index in [1.807, 2.05) is 19.9 Å². The number of fused-ring (bicyclic) bond motifs is 1. The Labute approximate surface area is 172 Å². The monoisotopic (exact) mass is 388 g/mol. The molecule has 0 radical (unpaired) electrons. The average Bonchev–Trinajstić information content (AvgIpc) is 3.16. The van der Waals surface area contributed by atoms with E-state index >= 15 is 0 Å². The van der Waals surface area contributed by atoms with Crippen LogP contribution in [0.2, 0.25) is 0 Å². The maximum absolute atomic E-state index is 12.0. The van der Waals surface area contributed by atoms with Crippen molar-refractivity contribution in [2.24, 2.45) is 0 Å². The number of aromatic nitrogens is 2. The van der Waals surface area contributed by atoms with Crippen LogP contribution in [0.25, 0.3) is 22.4 Å². The van der Waals surface area contributed by atoms with Gasteiger partial charge in [0, 0.05) is 55.3 Å². The van der Waals surface area contributed by atoms with Crippen LogP contribution in [-0.4, -0.2) is 40.1 Å². The van der Waals surface area contributed by atoms with E-state index in [1.165, 1.54) is 22.4 Å². The van der Waals surface area contributed by atoms with Gasteiger partial charge < -0.3 is 5.32 Å². The highest BCUT2D eigenvalue weighted by atomic mass is 16.1. The molecule has 2 heterocycles. The molecule has 0 aliphatic carbocycles. The van der Waals surface area contributed by atoms with E-state index in [4.69, 9.17) is 0 Å². The number of hydrogen-bond acceptors (Lipinski definition) is 3. The third kappa shape index (κ3) is 4.57. The smallest absolute Gasteiger partial charge is 0.221 e. The molecule has 1 aliphatic rings. The van der Waals surface area contributed by atoms with Crippen molar-refractivity contribution in [2.45, 2.75) is 39.3 Å². The van der Waals surface area contributed by atoms with Gasteiger partial charge >= 0.3 is 0 Å². The van der Waals surface area contributed by atoms with Gasteiger partial charge in [0.1, 0.15) is 0 Å². The molecule has 4 rings (SSSR count). The minimum absolute atomic E-state index is 0.120. The van der Waals surface area contributed by atoms with Crippen LogP contribution >= 0.6 is 0 Å². The van der Waals surface area contributed by atoms with Crippen LogP contribution in [-0.2, 0) is 17.8 Å². The Morgan fingerprint density at radius 2 is 1.76 bits per heavy atom. The summed E-state index contributed by atoms with van der Waals surface area (Å²) in [5.74, 6) is 0.120. The predicted molar refractivity (Wildman–Crippen MR) is 116 cm³/mol. The minimum Gasteiger partial charge on any atom is -0.354 e. The molecule has 0 spiro atoms. The molecular weight excluding hydrogens is 360 g/mol. The fraction of sp³-hybridized carbons (Fsp3) is 0.333. The van der Waals surface area contributed by atoms with Gasteiger partial charge in [-0.1, -0.05) is 54.6 Å². The predicted octanol–water partition coefficient (Wildman–Crippen LogP) is 4.02. The van der Waals surface area contributed by atoms with Gasteiger partial charge in [0.25, 0.3) is 0 Å². The lowest BCUT2D eigenvalue weighted by atomic mass is 9.98. The van der Waals surface area contributed by atoms with E-state index in [1.54, 1.807) is 0 Å². The third-order valence-corrected chi connectivity index (χ3v) is 5.38. The zero-order valence-corrected chi connectivity index (χ0v) is 17.1. The molecule has 3 aromatic rings. The standard InChI is InChI=1S/C24H28N4O/c1-17(2)25-23(29)13-15-28-14-12-22-21(16-28)24(27-26-22)20-10-8-19(9-11-20)18-6-4-3-5-7-18/h3-11,17H,12-16H2,1-2H3,(H,25,29)(H,26,27). The molecule has 0 atom stereocenters. The summed E-state index contributed by atoms with van der Waals surface area (Å²) in [6.45, 7) is 6.54. The number of carbonyl (C=O) groups is 1. The summed E-state index contributed by atoms with van der Waals surface area (Å²) in [6.07, 6.45) is 1.47. The van der Waals surface area contributed by atoms with E-state index < -0.39 is 0 Å². The highest BCUT2D eigenvalue weighted by Gasteiger charge is 2.23. The van der Waals surface area contributed by atoms with E-state index in [0.717, 1.165) is 37.3 Å². The first-order valence-corrected chi connectivity index (χ1v) is 10.3. The fourth-order valence-electron chi connectivity index (χ4n) is 3.89. The molecule has 1 amide bonds. The van der Waals surface area contributed by atoms with E-state index in [-0.39, 0.29) is 11.9 Å². The van der Waals surface area contributed by atoms with Crippen molar-refractivity contribution >= 4 is 5.91 Å². The molecule has 0 saturated carbocycles. The van der Waals surface area contributed by atoms with Crippen molar-refractivity contribution in [1.29, 1.82) is 0 Å². The maximum Gasteiger partial charge on any atom is 0.221 e. The number of amides is 1. The maximum atomic E-state index is 12.0. The Balaban J connectivity index is 1.46. The van der Waals surface area contributed by atoms with Crippen LogP contribution in [0.5, 0.6) is 0 Å². The van der Waals surface area contributed by atoms with Gasteiger partial charge in [-0.25, -0.2) is 0 Å². The zero-order chi connectivity index (χ0) is 20.2. The molecule has 0 unspecified atom stereocenters. The molecular formula is C24H28N4O. The Hall–Kier alpha value is -2.92. The summed E-state index contributed by atoms with van der Waals surface area (Å²) in [5.41, 5.74) is 7.05. The van der Waals surface area contributed by atoms with E-state index in [2.05, 4.69) is 68.9 Å². The highest BCUT2D eigenvalue weighted by molar-refractivity contribution is 5.76. The molecule has 2 N–H and O–H groups in total. The topological polar surface area (TPSA) is 61.0 Å². The van der Waals surface area contributed by atoms with Gasteiger partial charge in [0.05, 0.1) is 5.69 Å². The number of nitrogens with one attached hydrogen (secondary N) is 2. The Morgan fingerprint density at radius 1 is 1.07 bits per heavy atom. The summed E-state index contributed by atoms with van der Waals surface area (Å²) in [6, 6.07) is 19.2. The quantitative estimate of drug-likeness (QED) is 0.671.